The molecule has 3 heterocycles. The second kappa shape index (κ2) is 9.19. The van der Waals surface area contributed by atoms with Crippen LogP contribution in [-0.4, -0.2) is 51.2 Å². The third-order valence-corrected chi connectivity index (χ3v) is 6.27. The van der Waals surface area contributed by atoms with Crippen molar-refractivity contribution in [2.75, 3.05) is 40.6 Å². The monoisotopic (exact) mass is 457 g/mol. The molecule has 2 aliphatic rings. The van der Waals surface area contributed by atoms with Gasteiger partial charge in [-0.3, -0.25) is 4.79 Å². The van der Waals surface area contributed by atoms with Crippen molar-refractivity contribution in [2.24, 2.45) is 5.41 Å². The number of benzene rings is 1. The Labute approximate surface area is 193 Å². The number of carbonyl (C=O) groups excluding carboxylic acids is 1. The van der Waals surface area contributed by atoms with Crippen LogP contribution in [0.3, 0.4) is 0 Å². The zero-order valence-electron chi connectivity index (χ0n) is 19.8. The van der Waals surface area contributed by atoms with Crippen LogP contribution in [0.15, 0.2) is 29.2 Å². The van der Waals surface area contributed by atoms with Crippen LogP contribution in [0.1, 0.15) is 55.3 Å². The first-order chi connectivity index (χ1) is 15.8. The lowest BCUT2D eigenvalue weighted by Gasteiger charge is -2.38. The Morgan fingerprint density at radius 3 is 2.67 bits per heavy atom. The molecule has 4 rings (SSSR count). The van der Waals surface area contributed by atoms with Crippen molar-refractivity contribution in [1.82, 2.24) is 4.57 Å². The van der Waals surface area contributed by atoms with Gasteiger partial charge in [0.25, 0.3) is 0 Å². The summed E-state index contributed by atoms with van der Waals surface area (Å²) in [4.78, 5) is 25.3. The normalized spacial score (nSPS) is 19.9. The van der Waals surface area contributed by atoms with Crippen LogP contribution in [0.25, 0.3) is 11.3 Å². The molecule has 1 aromatic carbocycles. The fraction of sp³-hybridized carbons (Fsp3) is 0.520. The lowest BCUT2D eigenvalue weighted by molar-refractivity contribution is 0.0522. The minimum Gasteiger partial charge on any atom is -0.493 e. The molecule has 0 radical (unpaired) electrons. The molecule has 1 aromatic heterocycles. The summed E-state index contributed by atoms with van der Waals surface area (Å²) in [5.74, 6) is 0.572. The molecule has 0 saturated carbocycles. The number of carbonyl (C=O) groups is 1. The van der Waals surface area contributed by atoms with Gasteiger partial charge in [-0.15, -0.1) is 0 Å². The van der Waals surface area contributed by atoms with Gasteiger partial charge in [0.1, 0.15) is 11.7 Å². The Morgan fingerprint density at radius 2 is 1.97 bits per heavy atom. The van der Waals surface area contributed by atoms with Gasteiger partial charge in [-0.2, -0.15) is 0 Å². The topological polar surface area (TPSA) is 85.2 Å². The fourth-order valence-corrected chi connectivity index (χ4v) is 4.72. The first-order valence-corrected chi connectivity index (χ1v) is 11.2. The highest BCUT2D eigenvalue weighted by atomic mass is 16.5. The number of ether oxygens (including phenoxy) is 5. The Morgan fingerprint density at radius 1 is 1.18 bits per heavy atom. The van der Waals surface area contributed by atoms with Crippen LogP contribution in [0.4, 0.5) is 0 Å². The second-order valence-electron chi connectivity index (χ2n) is 9.01. The minimum absolute atomic E-state index is 0.0237. The number of hydrogen-bond donors (Lipinski definition) is 0. The number of fused-ring (bicyclic) bond motifs is 6. The summed E-state index contributed by atoms with van der Waals surface area (Å²) >= 11 is 0. The van der Waals surface area contributed by atoms with E-state index in [-0.39, 0.29) is 35.2 Å². The van der Waals surface area contributed by atoms with Crippen molar-refractivity contribution >= 4 is 5.97 Å². The van der Waals surface area contributed by atoms with E-state index < -0.39 is 5.97 Å². The number of esters is 1. The fourth-order valence-electron chi connectivity index (χ4n) is 4.72. The van der Waals surface area contributed by atoms with Gasteiger partial charge in [0.2, 0.25) is 0 Å². The van der Waals surface area contributed by atoms with Gasteiger partial charge in [-0.05, 0) is 24.6 Å². The number of nitrogens with zero attached hydrogens (tertiary/aromatic N) is 1. The summed E-state index contributed by atoms with van der Waals surface area (Å²) in [7, 11) is 3.24. The van der Waals surface area contributed by atoms with Gasteiger partial charge >= 0.3 is 5.97 Å². The first kappa shape index (κ1) is 23.3. The van der Waals surface area contributed by atoms with Gasteiger partial charge in [-0.25, -0.2) is 4.79 Å². The van der Waals surface area contributed by atoms with E-state index >= 15 is 0 Å². The van der Waals surface area contributed by atoms with Crippen molar-refractivity contribution < 1.29 is 28.5 Å². The Hall–Kier alpha value is -2.84. The molecule has 2 aromatic rings. The smallest absolute Gasteiger partial charge is 0.343 e. The zero-order valence-corrected chi connectivity index (χ0v) is 19.8. The lowest BCUT2D eigenvalue weighted by Crippen LogP contribution is -2.33. The lowest BCUT2D eigenvalue weighted by atomic mass is 9.78. The first-order valence-electron chi connectivity index (χ1n) is 11.2. The number of hydrogen-bond acceptors (Lipinski definition) is 7. The molecule has 1 saturated heterocycles. The van der Waals surface area contributed by atoms with E-state index in [0.29, 0.717) is 37.0 Å². The maximum absolute atomic E-state index is 12.9. The highest BCUT2D eigenvalue weighted by molar-refractivity contribution is 5.89. The predicted molar refractivity (Wildman–Crippen MR) is 122 cm³/mol. The SMILES string of the molecule is CCOC(=O)c1cn2c(cc1=O)-c1cc(OC)c(OCCCOC)cc1[C@H]1OCC(C)(C)[C@H]12. The van der Waals surface area contributed by atoms with E-state index in [1.165, 1.54) is 6.07 Å². The maximum Gasteiger partial charge on any atom is 0.343 e. The molecular weight excluding hydrogens is 426 g/mol. The predicted octanol–water partition coefficient (Wildman–Crippen LogP) is 3.77. The molecule has 0 spiro atoms. The molecule has 2 aliphatic heterocycles. The van der Waals surface area contributed by atoms with Crippen LogP contribution in [0, 0.1) is 5.41 Å². The van der Waals surface area contributed by atoms with E-state index in [9.17, 15) is 9.59 Å². The summed E-state index contributed by atoms with van der Waals surface area (Å²) in [5.41, 5.74) is 1.90. The van der Waals surface area contributed by atoms with Crippen molar-refractivity contribution in [3.05, 3.63) is 45.7 Å². The number of rotatable bonds is 8. The highest BCUT2D eigenvalue weighted by Gasteiger charge is 2.49. The standard InChI is InChI=1S/C25H31NO7/c1-6-31-24(28)17-13-26-18(12-19(17)27)15-10-20(30-5)21(32-9-7-8-29-4)11-16(15)22-23(26)25(2,3)14-33-22/h10-13,22-23H,6-9,14H2,1-5H3/t22-,23+/m1/s1. The molecule has 0 unspecified atom stereocenters. The number of pyridine rings is 1. The van der Waals surface area contributed by atoms with Crippen molar-refractivity contribution in [3.8, 4) is 22.8 Å². The molecule has 2 atom stereocenters. The van der Waals surface area contributed by atoms with Gasteiger partial charge in [0.05, 0.1) is 38.7 Å². The van der Waals surface area contributed by atoms with Gasteiger partial charge in [0.15, 0.2) is 16.9 Å². The van der Waals surface area contributed by atoms with Crippen LogP contribution in [0.2, 0.25) is 0 Å². The molecule has 0 N–H and O–H groups in total. The molecule has 33 heavy (non-hydrogen) atoms. The average Bonchev–Trinajstić information content (AvgIpc) is 3.11. The molecule has 8 nitrogen and oxygen atoms in total. The summed E-state index contributed by atoms with van der Waals surface area (Å²) < 4.78 is 30.1. The largest absolute Gasteiger partial charge is 0.493 e. The Bertz CT molecular complexity index is 1100. The zero-order chi connectivity index (χ0) is 23.8. The summed E-state index contributed by atoms with van der Waals surface area (Å²) in [6.45, 7) is 7.80. The molecular formula is C25H31NO7. The van der Waals surface area contributed by atoms with Crippen molar-refractivity contribution in [2.45, 2.75) is 39.3 Å². The highest BCUT2D eigenvalue weighted by Crippen LogP contribution is 2.56. The molecule has 8 heteroatoms. The molecule has 0 amide bonds. The van der Waals surface area contributed by atoms with Gasteiger partial charge in [-0.1, -0.05) is 13.8 Å². The van der Waals surface area contributed by atoms with E-state index in [0.717, 1.165) is 17.5 Å². The second-order valence-corrected chi connectivity index (χ2v) is 9.01. The molecule has 178 valence electrons. The van der Waals surface area contributed by atoms with Gasteiger partial charge < -0.3 is 28.3 Å². The van der Waals surface area contributed by atoms with Crippen LogP contribution < -0.4 is 14.9 Å². The summed E-state index contributed by atoms with van der Waals surface area (Å²) in [6.07, 6.45) is 2.11. The maximum atomic E-state index is 12.9. The third-order valence-electron chi connectivity index (χ3n) is 6.27. The molecule has 0 bridgehead atoms. The van der Waals surface area contributed by atoms with Crippen LogP contribution in [0.5, 0.6) is 11.5 Å². The quantitative estimate of drug-likeness (QED) is 0.441. The van der Waals surface area contributed by atoms with Crippen molar-refractivity contribution in [1.29, 1.82) is 0 Å². The van der Waals surface area contributed by atoms with E-state index in [1.54, 1.807) is 27.3 Å². The molecule has 0 aliphatic carbocycles. The van der Waals surface area contributed by atoms with Gasteiger partial charge in [0, 0.05) is 43.4 Å². The summed E-state index contributed by atoms with van der Waals surface area (Å²) in [5, 5.41) is 0. The number of methoxy groups -OCH3 is 2. The van der Waals surface area contributed by atoms with Crippen LogP contribution >= 0.6 is 0 Å². The molecule has 1 fully saturated rings. The third kappa shape index (κ3) is 4.13. The van der Waals surface area contributed by atoms with Crippen LogP contribution in [-0.2, 0) is 14.2 Å². The number of aromatic nitrogens is 1. The average molecular weight is 458 g/mol. The minimum atomic E-state index is -0.616. The van der Waals surface area contributed by atoms with E-state index in [2.05, 4.69) is 13.8 Å². The Kier molecular flexibility index (Phi) is 6.50. The van der Waals surface area contributed by atoms with E-state index in [1.807, 2.05) is 16.7 Å². The summed E-state index contributed by atoms with van der Waals surface area (Å²) in [6, 6.07) is 5.23. The Balaban J connectivity index is 1.86. The van der Waals surface area contributed by atoms with Crippen molar-refractivity contribution in [3.63, 3.8) is 0 Å². The van der Waals surface area contributed by atoms with E-state index in [4.69, 9.17) is 23.7 Å².